The number of carbonyl (C=O) groups is 1. The predicted molar refractivity (Wildman–Crippen MR) is 113 cm³/mol. The second-order valence-corrected chi connectivity index (χ2v) is 7.76. The average molecular weight is 393 g/mol. The molecule has 152 valence electrons. The van der Waals surface area contributed by atoms with Gasteiger partial charge >= 0.3 is 6.03 Å². The van der Waals surface area contributed by atoms with Gasteiger partial charge < -0.3 is 19.4 Å². The van der Waals surface area contributed by atoms with Crippen molar-refractivity contribution in [3.63, 3.8) is 0 Å². The minimum Gasteiger partial charge on any atom is -0.496 e. The number of carbonyl (C=O) groups excluding carboxylic acids is 1. The predicted octanol–water partition coefficient (Wildman–Crippen LogP) is 4.07. The number of rotatable bonds is 5. The smallest absolute Gasteiger partial charge is 0.317 e. The number of methoxy groups -OCH3 is 1. The highest BCUT2D eigenvalue weighted by Gasteiger charge is 2.32. The summed E-state index contributed by atoms with van der Waals surface area (Å²) in [5, 5.41) is 3.09. The Morgan fingerprint density at radius 2 is 2.07 bits per heavy atom. The van der Waals surface area contributed by atoms with Gasteiger partial charge in [-0.3, -0.25) is 0 Å². The standard InChI is InChI=1S/C23H28N4O2/c1-17-11-14-27(20(15-17)19-7-3-4-8-21(19)29-2)23(28)24-12-10-18-16-26-13-6-5-9-22(26)25-18/h3-9,13,16-17,20H,10-12,14-15H2,1-2H3,(H,24,28)/t17-,20+/m0/s1. The van der Waals surface area contributed by atoms with Crippen molar-refractivity contribution >= 4 is 11.7 Å². The molecule has 1 N–H and O–H groups in total. The third kappa shape index (κ3) is 4.21. The Hall–Kier alpha value is -3.02. The highest BCUT2D eigenvalue weighted by Crippen LogP contribution is 2.38. The SMILES string of the molecule is COc1ccccc1[C@H]1C[C@@H](C)CCN1C(=O)NCCc1cn2ccccc2n1. The van der Waals surface area contributed by atoms with Crippen molar-refractivity contribution in [2.24, 2.45) is 5.92 Å². The highest BCUT2D eigenvalue weighted by atomic mass is 16.5. The molecule has 3 heterocycles. The molecule has 0 saturated carbocycles. The number of para-hydroxylation sites is 1. The van der Waals surface area contributed by atoms with Gasteiger partial charge in [-0.1, -0.05) is 31.2 Å². The molecule has 4 rings (SSSR count). The number of benzene rings is 1. The second kappa shape index (κ2) is 8.55. The third-order valence-corrected chi connectivity index (χ3v) is 5.69. The third-order valence-electron chi connectivity index (χ3n) is 5.69. The lowest BCUT2D eigenvalue weighted by Gasteiger charge is -2.39. The largest absolute Gasteiger partial charge is 0.496 e. The molecule has 0 spiro atoms. The van der Waals surface area contributed by atoms with Gasteiger partial charge in [0.25, 0.3) is 0 Å². The van der Waals surface area contributed by atoms with Crippen LogP contribution in [0.1, 0.15) is 37.1 Å². The second-order valence-electron chi connectivity index (χ2n) is 7.76. The lowest BCUT2D eigenvalue weighted by molar-refractivity contribution is 0.130. The Morgan fingerprint density at radius 3 is 2.90 bits per heavy atom. The number of pyridine rings is 1. The van der Waals surface area contributed by atoms with Gasteiger partial charge in [-0.05, 0) is 37.0 Å². The van der Waals surface area contributed by atoms with Gasteiger partial charge in [-0.25, -0.2) is 9.78 Å². The zero-order chi connectivity index (χ0) is 20.2. The van der Waals surface area contributed by atoms with Crippen LogP contribution in [-0.2, 0) is 6.42 Å². The maximum atomic E-state index is 13.0. The van der Waals surface area contributed by atoms with Crippen LogP contribution in [0, 0.1) is 5.92 Å². The molecule has 6 nitrogen and oxygen atoms in total. The molecular formula is C23H28N4O2. The molecule has 3 aromatic rings. The van der Waals surface area contributed by atoms with Crippen LogP contribution in [0.3, 0.4) is 0 Å². The first-order valence-electron chi connectivity index (χ1n) is 10.3. The number of urea groups is 1. The lowest BCUT2D eigenvalue weighted by Crippen LogP contribution is -2.46. The zero-order valence-corrected chi connectivity index (χ0v) is 17.0. The van der Waals surface area contributed by atoms with E-state index in [1.165, 1.54) is 0 Å². The summed E-state index contributed by atoms with van der Waals surface area (Å²) >= 11 is 0. The molecule has 2 aromatic heterocycles. The van der Waals surface area contributed by atoms with Crippen LogP contribution in [0.4, 0.5) is 4.79 Å². The van der Waals surface area contributed by atoms with E-state index in [1.807, 2.05) is 58.1 Å². The van der Waals surface area contributed by atoms with Crippen LogP contribution in [-0.4, -0.2) is 40.5 Å². The first kappa shape index (κ1) is 19.3. The van der Waals surface area contributed by atoms with Crippen LogP contribution in [0.15, 0.2) is 54.9 Å². The zero-order valence-electron chi connectivity index (χ0n) is 17.0. The normalized spacial score (nSPS) is 19.3. The first-order valence-corrected chi connectivity index (χ1v) is 10.3. The number of hydrogen-bond donors (Lipinski definition) is 1. The van der Waals surface area contributed by atoms with Gasteiger partial charge in [-0.15, -0.1) is 0 Å². The fourth-order valence-electron chi connectivity index (χ4n) is 4.13. The number of fused-ring (bicyclic) bond motifs is 1. The molecule has 1 saturated heterocycles. The summed E-state index contributed by atoms with van der Waals surface area (Å²) in [6.07, 6.45) is 6.67. The Labute approximate surface area is 171 Å². The van der Waals surface area contributed by atoms with Gasteiger partial charge in [0.1, 0.15) is 11.4 Å². The maximum absolute atomic E-state index is 13.0. The molecule has 1 aliphatic heterocycles. The van der Waals surface area contributed by atoms with Crippen molar-refractivity contribution in [2.75, 3.05) is 20.2 Å². The number of imidazole rings is 1. The van der Waals surface area contributed by atoms with Gasteiger partial charge in [0.05, 0.1) is 18.8 Å². The summed E-state index contributed by atoms with van der Waals surface area (Å²) in [7, 11) is 1.68. The minimum absolute atomic E-state index is 0.0171. The van der Waals surface area contributed by atoms with E-state index >= 15 is 0 Å². The molecule has 6 heteroatoms. The summed E-state index contributed by atoms with van der Waals surface area (Å²) in [4.78, 5) is 19.6. The lowest BCUT2D eigenvalue weighted by atomic mass is 9.88. The van der Waals surface area contributed by atoms with Crippen molar-refractivity contribution in [1.29, 1.82) is 0 Å². The van der Waals surface area contributed by atoms with Crippen LogP contribution in [0.5, 0.6) is 5.75 Å². The van der Waals surface area contributed by atoms with E-state index in [1.54, 1.807) is 7.11 Å². The van der Waals surface area contributed by atoms with E-state index in [0.29, 0.717) is 18.9 Å². The molecular weight excluding hydrogens is 364 g/mol. The Balaban J connectivity index is 1.43. The van der Waals surface area contributed by atoms with Crippen LogP contribution >= 0.6 is 0 Å². The van der Waals surface area contributed by atoms with E-state index in [0.717, 1.165) is 42.0 Å². The summed E-state index contributed by atoms with van der Waals surface area (Å²) in [6.45, 7) is 3.57. The first-order chi connectivity index (χ1) is 14.2. The van der Waals surface area contributed by atoms with Gasteiger partial charge in [0.2, 0.25) is 0 Å². The number of aromatic nitrogens is 2. The average Bonchev–Trinajstić information content (AvgIpc) is 3.16. The van der Waals surface area contributed by atoms with Crippen LogP contribution in [0.2, 0.25) is 0 Å². The molecule has 0 radical (unpaired) electrons. The highest BCUT2D eigenvalue weighted by molar-refractivity contribution is 5.75. The molecule has 1 aromatic carbocycles. The number of likely N-dealkylation sites (tertiary alicyclic amines) is 1. The molecule has 0 bridgehead atoms. The number of nitrogens with zero attached hydrogens (tertiary/aromatic N) is 3. The molecule has 0 aliphatic carbocycles. The van der Waals surface area contributed by atoms with Crippen molar-refractivity contribution in [2.45, 2.75) is 32.2 Å². The van der Waals surface area contributed by atoms with E-state index < -0.39 is 0 Å². The number of hydrogen-bond acceptors (Lipinski definition) is 3. The summed E-state index contributed by atoms with van der Waals surface area (Å²) in [5.74, 6) is 1.42. The van der Waals surface area contributed by atoms with Crippen LogP contribution < -0.4 is 10.1 Å². The van der Waals surface area contributed by atoms with Gasteiger partial charge in [0, 0.05) is 37.5 Å². The topological polar surface area (TPSA) is 58.9 Å². The van der Waals surface area contributed by atoms with E-state index in [2.05, 4.69) is 23.3 Å². The van der Waals surface area contributed by atoms with Crippen molar-refractivity contribution in [1.82, 2.24) is 19.6 Å². The number of ether oxygens (including phenoxy) is 1. The molecule has 29 heavy (non-hydrogen) atoms. The van der Waals surface area contributed by atoms with Crippen molar-refractivity contribution < 1.29 is 9.53 Å². The Morgan fingerprint density at radius 1 is 1.24 bits per heavy atom. The molecule has 1 aliphatic rings. The summed E-state index contributed by atoms with van der Waals surface area (Å²) < 4.78 is 7.56. The van der Waals surface area contributed by atoms with Crippen molar-refractivity contribution in [3.8, 4) is 5.75 Å². The van der Waals surface area contributed by atoms with E-state index in [9.17, 15) is 4.79 Å². The van der Waals surface area contributed by atoms with E-state index in [4.69, 9.17) is 4.74 Å². The number of amides is 2. The summed E-state index contributed by atoms with van der Waals surface area (Å²) in [5.41, 5.74) is 2.98. The van der Waals surface area contributed by atoms with Gasteiger partial charge in [-0.2, -0.15) is 0 Å². The number of nitrogens with one attached hydrogen (secondary N) is 1. The fourth-order valence-corrected chi connectivity index (χ4v) is 4.13. The fraction of sp³-hybridized carbons (Fsp3) is 0.391. The Kier molecular flexibility index (Phi) is 5.69. The molecule has 2 amide bonds. The maximum Gasteiger partial charge on any atom is 0.317 e. The Bertz CT molecular complexity index is 951. The van der Waals surface area contributed by atoms with E-state index in [-0.39, 0.29) is 12.1 Å². The monoisotopic (exact) mass is 392 g/mol. The number of piperidine rings is 1. The van der Waals surface area contributed by atoms with Crippen molar-refractivity contribution in [3.05, 3.63) is 66.1 Å². The molecule has 0 unspecified atom stereocenters. The minimum atomic E-state index is -0.0171. The molecule has 2 atom stereocenters. The van der Waals surface area contributed by atoms with Crippen LogP contribution in [0.25, 0.3) is 5.65 Å². The van der Waals surface area contributed by atoms with Gasteiger partial charge in [0.15, 0.2) is 0 Å². The summed E-state index contributed by atoms with van der Waals surface area (Å²) in [6, 6.07) is 14.0. The molecule has 1 fully saturated rings. The quantitative estimate of drug-likeness (QED) is 0.712.